The summed E-state index contributed by atoms with van der Waals surface area (Å²) in [6.45, 7) is 1.94. The summed E-state index contributed by atoms with van der Waals surface area (Å²) >= 11 is 0. The number of carbonyl (C=O) groups is 2. The Balaban J connectivity index is 1.83. The van der Waals surface area contributed by atoms with E-state index in [0.29, 0.717) is 12.0 Å². The van der Waals surface area contributed by atoms with E-state index in [1.807, 2.05) is 6.07 Å². The number of esters is 2. The van der Waals surface area contributed by atoms with E-state index >= 15 is 0 Å². The van der Waals surface area contributed by atoms with Crippen molar-refractivity contribution in [3.8, 4) is 0 Å². The van der Waals surface area contributed by atoms with Gasteiger partial charge >= 0.3 is 11.9 Å². The molecule has 4 nitrogen and oxygen atoms in total. The molecular formula is C13H14O4. The molecule has 0 N–H and O–H groups in total. The van der Waals surface area contributed by atoms with Gasteiger partial charge in [0.1, 0.15) is 12.7 Å². The zero-order valence-corrected chi connectivity index (χ0v) is 9.59. The standard InChI is InChI=1S/C13H14O4/c1-9-7-11(17-12(9)14)8-16-13(15)10-5-3-2-4-6-10/h2-6,9,11H,7-8H2,1H3/t9?,11-/m0/s1. The smallest absolute Gasteiger partial charge is 0.338 e. The highest BCUT2D eigenvalue weighted by molar-refractivity contribution is 5.89. The lowest BCUT2D eigenvalue weighted by Gasteiger charge is -2.09. The van der Waals surface area contributed by atoms with Crippen molar-refractivity contribution in [2.75, 3.05) is 6.61 Å². The van der Waals surface area contributed by atoms with Gasteiger partial charge in [-0.05, 0) is 12.1 Å². The first-order valence-electron chi connectivity index (χ1n) is 5.59. The maximum Gasteiger partial charge on any atom is 0.338 e. The summed E-state index contributed by atoms with van der Waals surface area (Å²) in [4.78, 5) is 22.7. The Hall–Kier alpha value is -1.84. The lowest BCUT2D eigenvalue weighted by molar-refractivity contribution is -0.145. The molecule has 4 heteroatoms. The van der Waals surface area contributed by atoms with Crippen LogP contribution in [-0.2, 0) is 14.3 Å². The van der Waals surface area contributed by atoms with Crippen molar-refractivity contribution in [2.24, 2.45) is 5.92 Å². The molecule has 1 fully saturated rings. The third kappa shape index (κ3) is 2.84. The van der Waals surface area contributed by atoms with Crippen LogP contribution < -0.4 is 0 Å². The molecule has 1 unspecified atom stereocenters. The van der Waals surface area contributed by atoms with Crippen LogP contribution in [0, 0.1) is 5.92 Å². The minimum absolute atomic E-state index is 0.101. The molecule has 2 atom stereocenters. The van der Waals surface area contributed by atoms with Crippen molar-refractivity contribution in [3.05, 3.63) is 35.9 Å². The van der Waals surface area contributed by atoms with Gasteiger partial charge in [-0.15, -0.1) is 0 Å². The van der Waals surface area contributed by atoms with Gasteiger partial charge in [0.25, 0.3) is 0 Å². The summed E-state index contributed by atoms with van der Waals surface area (Å²) in [6, 6.07) is 8.75. The van der Waals surface area contributed by atoms with Crippen LogP contribution in [0.1, 0.15) is 23.7 Å². The highest BCUT2D eigenvalue weighted by Crippen LogP contribution is 2.20. The molecule has 0 aliphatic carbocycles. The minimum atomic E-state index is -0.388. The Labute approximate surface area is 99.5 Å². The third-order valence-electron chi connectivity index (χ3n) is 2.71. The van der Waals surface area contributed by atoms with E-state index in [1.54, 1.807) is 31.2 Å². The number of carbonyl (C=O) groups excluding carboxylic acids is 2. The van der Waals surface area contributed by atoms with Gasteiger partial charge in [-0.2, -0.15) is 0 Å². The zero-order chi connectivity index (χ0) is 12.3. The van der Waals surface area contributed by atoms with Gasteiger partial charge < -0.3 is 9.47 Å². The fourth-order valence-electron chi connectivity index (χ4n) is 1.75. The molecular weight excluding hydrogens is 220 g/mol. The molecule has 0 bridgehead atoms. The minimum Gasteiger partial charge on any atom is -0.458 e. The zero-order valence-electron chi connectivity index (χ0n) is 9.59. The quantitative estimate of drug-likeness (QED) is 0.748. The molecule has 0 spiro atoms. The van der Waals surface area contributed by atoms with Crippen LogP contribution in [0.2, 0.25) is 0 Å². The van der Waals surface area contributed by atoms with E-state index in [9.17, 15) is 9.59 Å². The van der Waals surface area contributed by atoms with Gasteiger partial charge in [0.15, 0.2) is 0 Å². The van der Waals surface area contributed by atoms with Crippen LogP contribution in [0.25, 0.3) is 0 Å². The molecule has 1 aliphatic heterocycles. The summed E-state index contributed by atoms with van der Waals surface area (Å²) in [5.41, 5.74) is 0.505. The average molecular weight is 234 g/mol. The lowest BCUT2D eigenvalue weighted by atomic mass is 10.1. The number of benzene rings is 1. The summed E-state index contributed by atoms with van der Waals surface area (Å²) < 4.78 is 10.1. The van der Waals surface area contributed by atoms with E-state index < -0.39 is 0 Å². The molecule has 1 aliphatic rings. The molecule has 90 valence electrons. The second-order valence-electron chi connectivity index (χ2n) is 4.16. The summed E-state index contributed by atoms with van der Waals surface area (Å²) in [6.07, 6.45) is 0.311. The Morgan fingerprint density at radius 2 is 2.12 bits per heavy atom. The second kappa shape index (κ2) is 4.99. The molecule has 17 heavy (non-hydrogen) atoms. The molecule has 0 aromatic heterocycles. The first kappa shape index (κ1) is 11.6. The summed E-state index contributed by atoms with van der Waals surface area (Å²) in [5, 5.41) is 0. The van der Waals surface area contributed by atoms with E-state index in [-0.39, 0.29) is 30.6 Å². The van der Waals surface area contributed by atoms with Gasteiger partial charge in [-0.3, -0.25) is 4.79 Å². The maximum absolute atomic E-state index is 11.6. The molecule has 1 aromatic rings. The monoisotopic (exact) mass is 234 g/mol. The Morgan fingerprint density at radius 3 is 2.71 bits per heavy atom. The number of cyclic esters (lactones) is 1. The van der Waals surface area contributed by atoms with Crippen molar-refractivity contribution in [1.82, 2.24) is 0 Å². The maximum atomic E-state index is 11.6. The number of hydrogen-bond acceptors (Lipinski definition) is 4. The molecule has 2 rings (SSSR count). The van der Waals surface area contributed by atoms with Crippen LogP contribution in [0.5, 0.6) is 0 Å². The van der Waals surface area contributed by atoms with Crippen molar-refractivity contribution < 1.29 is 19.1 Å². The van der Waals surface area contributed by atoms with E-state index in [4.69, 9.17) is 9.47 Å². The number of rotatable bonds is 3. The Kier molecular flexibility index (Phi) is 3.42. The third-order valence-corrected chi connectivity index (χ3v) is 2.71. The van der Waals surface area contributed by atoms with Crippen molar-refractivity contribution in [1.29, 1.82) is 0 Å². The number of ether oxygens (including phenoxy) is 2. The molecule has 1 aromatic carbocycles. The van der Waals surface area contributed by atoms with Gasteiger partial charge in [-0.25, -0.2) is 4.79 Å². The van der Waals surface area contributed by atoms with E-state index in [2.05, 4.69) is 0 Å². The number of hydrogen-bond donors (Lipinski definition) is 0. The fourth-order valence-corrected chi connectivity index (χ4v) is 1.75. The van der Waals surface area contributed by atoms with Gasteiger partial charge in [0, 0.05) is 6.42 Å². The predicted molar refractivity (Wildman–Crippen MR) is 60.4 cm³/mol. The van der Waals surface area contributed by atoms with Gasteiger partial charge in [0.05, 0.1) is 11.5 Å². The molecule has 1 saturated heterocycles. The Bertz CT molecular complexity index is 413. The van der Waals surface area contributed by atoms with Gasteiger partial charge in [0.2, 0.25) is 0 Å². The van der Waals surface area contributed by atoms with Crippen LogP contribution in [0.15, 0.2) is 30.3 Å². The molecule has 1 heterocycles. The van der Waals surface area contributed by atoms with Crippen molar-refractivity contribution in [2.45, 2.75) is 19.4 Å². The molecule has 0 amide bonds. The highest BCUT2D eigenvalue weighted by Gasteiger charge is 2.31. The molecule has 0 saturated carbocycles. The van der Waals surface area contributed by atoms with Crippen LogP contribution in [-0.4, -0.2) is 24.6 Å². The summed E-state index contributed by atoms with van der Waals surface area (Å²) in [5.74, 6) is -0.706. The first-order valence-corrected chi connectivity index (χ1v) is 5.59. The topological polar surface area (TPSA) is 52.6 Å². The van der Waals surface area contributed by atoms with Crippen molar-refractivity contribution >= 4 is 11.9 Å². The lowest BCUT2D eigenvalue weighted by Crippen LogP contribution is -2.18. The highest BCUT2D eigenvalue weighted by atomic mass is 16.6. The van der Waals surface area contributed by atoms with Gasteiger partial charge in [-0.1, -0.05) is 25.1 Å². The fraction of sp³-hybridized carbons (Fsp3) is 0.385. The van der Waals surface area contributed by atoms with Crippen LogP contribution in [0.3, 0.4) is 0 Å². The van der Waals surface area contributed by atoms with E-state index in [1.165, 1.54) is 0 Å². The van der Waals surface area contributed by atoms with Crippen molar-refractivity contribution in [3.63, 3.8) is 0 Å². The average Bonchev–Trinajstić information content (AvgIpc) is 2.67. The first-order chi connectivity index (χ1) is 8.16. The predicted octanol–water partition coefficient (Wildman–Crippen LogP) is 1.79. The Morgan fingerprint density at radius 1 is 1.41 bits per heavy atom. The second-order valence-corrected chi connectivity index (χ2v) is 4.16. The van der Waals surface area contributed by atoms with Crippen LogP contribution in [0.4, 0.5) is 0 Å². The summed E-state index contributed by atoms with van der Waals surface area (Å²) in [7, 11) is 0. The normalized spacial score (nSPS) is 23.2. The van der Waals surface area contributed by atoms with E-state index in [0.717, 1.165) is 0 Å². The largest absolute Gasteiger partial charge is 0.458 e. The van der Waals surface area contributed by atoms with Crippen LogP contribution >= 0.6 is 0 Å². The molecule has 0 radical (unpaired) electrons. The SMILES string of the molecule is CC1C[C@@H](COC(=O)c2ccccc2)OC1=O.